The van der Waals surface area contributed by atoms with Crippen molar-refractivity contribution in [2.24, 2.45) is 0 Å². The Labute approximate surface area is 104 Å². The fraction of sp³-hybridized carbons (Fsp3) is 0.500. The van der Waals surface area contributed by atoms with E-state index in [1.54, 1.807) is 6.07 Å². The number of benzene rings is 1. The number of hydrogen-bond donors (Lipinski definition) is 0. The molecule has 2 nitrogen and oxygen atoms in total. The molecule has 1 heterocycles. The second-order valence-electron chi connectivity index (χ2n) is 4.95. The van der Waals surface area contributed by atoms with E-state index in [4.69, 9.17) is 9.31 Å². The topological polar surface area (TPSA) is 18.5 Å². The van der Waals surface area contributed by atoms with E-state index < -0.39 is 24.5 Å². The number of halogens is 3. The normalized spacial score (nSPS) is 23.4. The lowest BCUT2D eigenvalue weighted by atomic mass is 9.78. The Balaban J connectivity index is 2.26. The van der Waals surface area contributed by atoms with E-state index in [-0.39, 0.29) is 6.10 Å². The maximum atomic E-state index is 12.6. The zero-order valence-electron chi connectivity index (χ0n) is 10.4. The Morgan fingerprint density at radius 2 is 1.94 bits per heavy atom. The van der Waals surface area contributed by atoms with Crippen molar-refractivity contribution in [2.75, 3.05) is 0 Å². The third-order valence-corrected chi connectivity index (χ3v) is 3.20. The summed E-state index contributed by atoms with van der Waals surface area (Å²) in [6, 6.07) is 5.04. The molecule has 0 saturated carbocycles. The van der Waals surface area contributed by atoms with Crippen LogP contribution in [0.15, 0.2) is 24.3 Å². The van der Waals surface area contributed by atoms with Gasteiger partial charge in [-0.25, -0.2) is 0 Å². The van der Waals surface area contributed by atoms with Gasteiger partial charge in [0.1, 0.15) is 0 Å². The largest absolute Gasteiger partial charge is 0.494 e. The van der Waals surface area contributed by atoms with Crippen molar-refractivity contribution in [3.05, 3.63) is 29.8 Å². The minimum absolute atomic E-state index is 0.169. The number of rotatable bonds is 1. The summed E-state index contributed by atoms with van der Waals surface area (Å²) in [5.41, 5.74) is -0.800. The van der Waals surface area contributed by atoms with E-state index in [1.807, 2.05) is 20.8 Å². The lowest BCUT2D eigenvalue weighted by Crippen LogP contribution is -2.35. The third-order valence-electron chi connectivity index (χ3n) is 3.20. The molecule has 1 aliphatic rings. The maximum Gasteiger partial charge on any atom is 0.494 e. The summed E-state index contributed by atoms with van der Waals surface area (Å²) in [6.07, 6.45) is -4.52. The van der Waals surface area contributed by atoms with Gasteiger partial charge in [-0.3, -0.25) is 0 Å². The highest BCUT2D eigenvalue weighted by Crippen LogP contribution is 2.30. The minimum Gasteiger partial charge on any atom is -0.402 e. The summed E-state index contributed by atoms with van der Waals surface area (Å²) in [7, 11) is -0.739. The van der Waals surface area contributed by atoms with Crippen molar-refractivity contribution in [1.29, 1.82) is 0 Å². The van der Waals surface area contributed by atoms with Crippen LogP contribution < -0.4 is 5.46 Å². The summed E-state index contributed by atoms with van der Waals surface area (Å²) >= 11 is 0. The highest BCUT2D eigenvalue weighted by molar-refractivity contribution is 6.62. The molecule has 0 spiro atoms. The highest BCUT2D eigenvalue weighted by atomic mass is 19.4. The first-order valence-corrected chi connectivity index (χ1v) is 5.70. The van der Waals surface area contributed by atoms with Gasteiger partial charge < -0.3 is 9.31 Å². The Bertz CT molecular complexity index is 445. The zero-order chi connectivity index (χ0) is 13.6. The van der Waals surface area contributed by atoms with E-state index >= 15 is 0 Å². The average molecular weight is 258 g/mol. The van der Waals surface area contributed by atoms with Gasteiger partial charge in [0.05, 0.1) is 17.3 Å². The number of alkyl halides is 3. The monoisotopic (exact) mass is 258 g/mol. The van der Waals surface area contributed by atoms with Crippen LogP contribution in [0.1, 0.15) is 26.3 Å². The molecule has 1 saturated heterocycles. The molecular formula is C12H14BF3O2. The molecule has 0 aliphatic carbocycles. The molecule has 1 unspecified atom stereocenters. The molecule has 1 atom stereocenters. The predicted octanol–water partition coefficient (Wildman–Crippen LogP) is 2.61. The quantitative estimate of drug-likeness (QED) is 0.721. The Kier molecular flexibility index (Phi) is 3.19. The summed E-state index contributed by atoms with van der Waals surface area (Å²) in [5.74, 6) is 0. The number of hydrogen-bond acceptors (Lipinski definition) is 2. The molecule has 1 aliphatic heterocycles. The van der Waals surface area contributed by atoms with Crippen molar-refractivity contribution in [2.45, 2.75) is 38.7 Å². The highest BCUT2D eigenvalue weighted by Gasteiger charge is 2.44. The van der Waals surface area contributed by atoms with Gasteiger partial charge in [-0.05, 0) is 26.2 Å². The Morgan fingerprint density at radius 1 is 1.28 bits per heavy atom. The van der Waals surface area contributed by atoms with Crippen molar-refractivity contribution in [3.63, 3.8) is 0 Å². The van der Waals surface area contributed by atoms with Gasteiger partial charge in [0, 0.05) is 0 Å². The van der Waals surface area contributed by atoms with Crippen LogP contribution in [0.4, 0.5) is 13.2 Å². The van der Waals surface area contributed by atoms with E-state index in [1.165, 1.54) is 6.07 Å². The fourth-order valence-electron chi connectivity index (χ4n) is 1.76. The minimum atomic E-state index is -4.35. The van der Waals surface area contributed by atoms with E-state index in [0.717, 1.165) is 12.1 Å². The van der Waals surface area contributed by atoms with E-state index in [9.17, 15) is 13.2 Å². The SMILES string of the molecule is CC1OB(c2cccc(C(F)(F)F)c2)OC1(C)C. The first-order valence-electron chi connectivity index (χ1n) is 5.70. The van der Waals surface area contributed by atoms with Crippen molar-refractivity contribution in [3.8, 4) is 0 Å². The summed E-state index contributed by atoms with van der Waals surface area (Å²) in [6.45, 7) is 5.55. The van der Waals surface area contributed by atoms with Crippen molar-refractivity contribution < 1.29 is 22.5 Å². The molecule has 1 aromatic carbocycles. The standard InChI is InChI=1S/C12H14BF3O2/c1-8-11(2,3)18-13(17-8)10-6-4-5-9(7-10)12(14,15)16/h4-8H,1-3H3. The van der Waals surface area contributed by atoms with Crippen LogP contribution in [0.2, 0.25) is 0 Å². The molecule has 0 N–H and O–H groups in total. The van der Waals surface area contributed by atoms with Gasteiger partial charge in [-0.15, -0.1) is 0 Å². The second-order valence-corrected chi connectivity index (χ2v) is 4.95. The van der Waals surface area contributed by atoms with Crippen LogP contribution in [-0.2, 0) is 15.5 Å². The van der Waals surface area contributed by atoms with Gasteiger partial charge in [-0.1, -0.05) is 24.3 Å². The van der Waals surface area contributed by atoms with E-state index in [0.29, 0.717) is 5.46 Å². The van der Waals surface area contributed by atoms with Crippen LogP contribution in [0, 0.1) is 0 Å². The van der Waals surface area contributed by atoms with Crippen LogP contribution in [0.25, 0.3) is 0 Å². The first-order chi connectivity index (χ1) is 8.20. The van der Waals surface area contributed by atoms with Gasteiger partial charge in [0.25, 0.3) is 0 Å². The third kappa shape index (κ3) is 2.54. The molecule has 0 amide bonds. The Morgan fingerprint density at radius 3 is 2.44 bits per heavy atom. The molecule has 98 valence electrons. The van der Waals surface area contributed by atoms with Crippen LogP contribution >= 0.6 is 0 Å². The van der Waals surface area contributed by atoms with Gasteiger partial charge >= 0.3 is 13.3 Å². The summed E-state index contributed by atoms with van der Waals surface area (Å²) in [5, 5.41) is 0. The second kappa shape index (κ2) is 4.28. The molecule has 2 rings (SSSR count). The molecule has 0 radical (unpaired) electrons. The van der Waals surface area contributed by atoms with Crippen LogP contribution in [0.3, 0.4) is 0 Å². The van der Waals surface area contributed by atoms with Gasteiger partial charge in [0.15, 0.2) is 0 Å². The van der Waals surface area contributed by atoms with Crippen molar-refractivity contribution >= 4 is 12.6 Å². The van der Waals surface area contributed by atoms with Gasteiger partial charge in [-0.2, -0.15) is 13.2 Å². The maximum absolute atomic E-state index is 12.6. The molecular weight excluding hydrogens is 244 g/mol. The summed E-state index contributed by atoms with van der Waals surface area (Å²) in [4.78, 5) is 0. The Hall–Kier alpha value is -1.01. The smallest absolute Gasteiger partial charge is 0.402 e. The molecule has 6 heteroatoms. The molecule has 18 heavy (non-hydrogen) atoms. The van der Waals surface area contributed by atoms with Crippen molar-refractivity contribution in [1.82, 2.24) is 0 Å². The first kappa shape index (κ1) is 13.4. The molecule has 0 aromatic heterocycles. The molecule has 1 aromatic rings. The lowest BCUT2D eigenvalue weighted by molar-refractivity contribution is -0.137. The van der Waals surface area contributed by atoms with Crippen LogP contribution in [-0.4, -0.2) is 18.8 Å². The van der Waals surface area contributed by atoms with Crippen LogP contribution in [0.5, 0.6) is 0 Å². The van der Waals surface area contributed by atoms with Gasteiger partial charge in [0.2, 0.25) is 0 Å². The lowest BCUT2D eigenvalue weighted by Gasteiger charge is -2.21. The van der Waals surface area contributed by atoms with E-state index in [2.05, 4.69) is 0 Å². The zero-order valence-corrected chi connectivity index (χ0v) is 10.4. The molecule has 0 bridgehead atoms. The average Bonchev–Trinajstić information content (AvgIpc) is 2.53. The molecule has 1 fully saturated rings. The summed E-state index contributed by atoms with van der Waals surface area (Å²) < 4.78 is 49.0. The predicted molar refractivity (Wildman–Crippen MR) is 62.5 cm³/mol. The fourth-order valence-corrected chi connectivity index (χ4v) is 1.76.